The van der Waals surface area contributed by atoms with Crippen LogP contribution < -0.4 is 10.8 Å². The highest BCUT2D eigenvalue weighted by atomic mass is 127. The first-order valence-electron chi connectivity index (χ1n) is 9.47. The molecular formula is C20H29BINO6. The van der Waals surface area contributed by atoms with Crippen LogP contribution >= 0.6 is 22.6 Å². The van der Waals surface area contributed by atoms with Crippen molar-refractivity contribution in [3.63, 3.8) is 0 Å². The fourth-order valence-electron chi connectivity index (χ4n) is 2.72. The second-order valence-electron chi connectivity index (χ2n) is 9.18. The molecule has 1 unspecified atom stereocenters. The van der Waals surface area contributed by atoms with E-state index in [0.29, 0.717) is 0 Å². The molecule has 1 aromatic rings. The first-order chi connectivity index (χ1) is 13.1. The summed E-state index contributed by atoms with van der Waals surface area (Å²) in [7, 11) is -0.488. The second kappa shape index (κ2) is 8.43. The minimum absolute atomic E-state index is 0.135. The van der Waals surface area contributed by atoms with Gasteiger partial charge in [0.2, 0.25) is 0 Å². The molecule has 1 atom stereocenters. The van der Waals surface area contributed by atoms with E-state index < -0.39 is 42.0 Å². The lowest BCUT2D eigenvalue weighted by Crippen LogP contribution is -2.44. The predicted octanol–water partition coefficient (Wildman–Crippen LogP) is 3.11. The molecule has 1 heterocycles. The number of carboxylic acid groups (broad SMARTS) is 1. The normalized spacial score (nSPS) is 19.0. The van der Waals surface area contributed by atoms with Crippen LogP contribution in [0.2, 0.25) is 0 Å². The Morgan fingerprint density at radius 2 is 1.76 bits per heavy atom. The summed E-state index contributed by atoms with van der Waals surface area (Å²) in [6.07, 6.45) is -0.620. The van der Waals surface area contributed by atoms with E-state index in [-0.39, 0.29) is 6.42 Å². The SMILES string of the molecule is CC(C)(C)OC(=O)NC(Cc1ccc(B2OC(C)(C)C(C)(C)O2)cc1I)C(=O)O. The summed E-state index contributed by atoms with van der Waals surface area (Å²) in [5.41, 5.74) is 0.0886. The monoisotopic (exact) mass is 517 g/mol. The molecule has 9 heteroatoms. The van der Waals surface area contributed by atoms with Crippen molar-refractivity contribution in [3.8, 4) is 0 Å². The number of benzene rings is 1. The second-order valence-corrected chi connectivity index (χ2v) is 10.3. The van der Waals surface area contributed by atoms with Gasteiger partial charge in [0, 0.05) is 9.99 Å². The van der Waals surface area contributed by atoms with E-state index in [1.165, 1.54) is 0 Å². The van der Waals surface area contributed by atoms with E-state index in [0.717, 1.165) is 14.6 Å². The summed E-state index contributed by atoms with van der Waals surface area (Å²) < 4.78 is 18.2. The molecule has 1 fully saturated rings. The topological polar surface area (TPSA) is 94.1 Å². The number of hydrogen-bond acceptors (Lipinski definition) is 5. The third-order valence-electron chi connectivity index (χ3n) is 5.02. The number of aliphatic carboxylic acids is 1. The van der Waals surface area contributed by atoms with Gasteiger partial charge in [-0.1, -0.05) is 12.1 Å². The van der Waals surface area contributed by atoms with Crippen molar-refractivity contribution in [2.45, 2.75) is 77.7 Å². The lowest BCUT2D eigenvalue weighted by molar-refractivity contribution is -0.139. The van der Waals surface area contributed by atoms with E-state index in [1.54, 1.807) is 20.8 Å². The minimum Gasteiger partial charge on any atom is -0.480 e. The van der Waals surface area contributed by atoms with Gasteiger partial charge in [-0.15, -0.1) is 0 Å². The van der Waals surface area contributed by atoms with Gasteiger partial charge < -0.3 is 24.5 Å². The van der Waals surface area contributed by atoms with Crippen molar-refractivity contribution in [3.05, 3.63) is 27.3 Å². The quantitative estimate of drug-likeness (QED) is 0.461. The van der Waals surface area contributed by atoms with Gasteiger partial charge in [-0.3, -0.25) is 0 Å². The van der Waals surface area contributed by atoms with Gasteiger partial charge in [0.1, 0.15) is 11.6 Å². The number of ether oxygens (including phenoxy) is 1. The van der Waals surface area contributed by atoms with Gasteiger partial charge in [-0.2, -0.15) is 0 Å². The van der Waals surface area contributed by atoms with E-state index in [2.05, 4.69) is 27.9 Å². The summed E-state index contributed by atoms with van der Waals surface area (Å²) in [5, 5.41) is 11.9. The summed E-state index contributed by atoms with van der Waals surface area (Å²) in [4.78, 5) is 23.6. The molecule has 1 amide bonds. The van der Waals surface area contributed by atoms with Crippen molar-refractivity contribution in [2.75, 3.05) is 0 Å². The highest BCUT2D eigenvalue weighted by molar-refractivity contribution is 14.1. The Balaban J connectivity index is 2.13. The van der Waals surface area contributed by atoms with E-state index in [4.69, 9.17) is 14.0 Å². The van der Waals surface area contributed by atoms with Crippen LogP contribution in [0, 0.1) is 3.57 Å². The Morgan fingerprint density at radius 3 is 2.21 bits per heavy atom. The van der Waals surface area contributed by atoms with Gasteiger partial charge in [-0.05, 0) is 88.1 Å². The van der Waals surface area contributed by atoms with Crippen LogP contribution in [0.3, 0.4) is 0 Å². The average molecular weight is 517 g/mol. The van der Waals surface area contributed by atoms with Crippen molar-refractivity contribution in [1.29, 1.82) is 0 Å². The van der Waals surface area contributed by atoms with Crippen LogP contribution in [0.1, 0.15) is 54.0 Å². The van der Waals surface area contributed by atoms with Crippen molar-refractivity contribution in [2.24, 2.45) is 0 Å². The molecule has 7 nitrogen and oxygen atoms in total. The van der Waals surface area contributed by atoms with E-state index in [1.807, 2.05) is 45.9 Å². The maximum absolute atomic E-state index is 12.0. The lowest BCUT2D eigenvalue weighted by Gasteiger charge is -2.32. The van der Waals surface area contributed by atoms with Crippen LogP contribution in [0.25, 0.3) is 0 Å². The Morgan fingerprint density at radius 1 is 1.21 bits per heavy atom. The zero-order valence-corrected chi connectivity index (χ0v) is 20.1. The maximum Gasteiger partial charge on any atom is 0.494 e. The van der Waals surface area contributed by atoms with E-state index in [9.17, 15) is 14.7 Å². The Hall–Kier alpha value is -1.33. The molecule has 2 N–H and O–H groups in total. The molecule has 160 valence electrons. The molecule has 0 aliphatic carbocycles. The molecule has 1 saturated heterocycles. The van der Waals surface area contributed by atoms with Gasteiger partial charge >= 0.3 is 19.2 Å². The third-order valence-corrected chi connectivity index (χ3v) is 6.02. The smallest absolute Gasteiger partial charge is 0.480 e. The first-order valence-corrected chi connectivity index (χ1v) is 10.6. The van der Waals surface area contributed by atoms with Crippen LogP contribution in [0.15, 0.2) is 18.2 Å². The predicted molar refractivity (Wildman–Crippen MR) is 119 cm³/mol. The molecule has 0 aromatic heterocycles. The molecule has 1 aromatic carbocycles. The Labute approximate surface area is 186 Å². The Kier molecular flexibility index (Phi) is 6.96. The molecule has 0 bridgehead atoms. The first kappa shape index (κ1) is 23.9. The standard InChI is InChI=1S/C20H29BINO6/c1-18(2,3)27-17(26)23-15(16(24)25)10-12-8-9-13(11-14(12)22)21-28-19(4,5)20(6,7)29-21/h8-9,11,15H,10H2,1-7H3,(H,23,26)(H,24,25). The van der Waals surface area contributed by atoms with Crippen molar-refractivity contribution < 1.29 is 28.7 Å². The number of hydrogen-bond donors (Lipinski definition) is 2. The zero-order valence-electron chi connectivity index (χ0n) is 18.0. The number of alkyl carbamates (subject to hydrolysis) is 1. The molecule has 0 spiro atoms. The number of halogens is 1. The zero-order chi connectivity index (χ0) is 22.2. The number of carboxylic acids is 1. The summed E-state index contributed by atoms with van der Waals surface area (Å²) in [6.45, 7) is 13.1. The van der Waals surface area contributed by atoms with Gasteiger partial charge in [0.15, 0.2) is 0 Å². The van der Waals surface area contributed by atoms with Crippen LogP contribution in [0.5, 0.6) is 0 Å². The summed E-state index contributed by atoms with van der Waals surface area (Å²) >= 11 is 2.15. The average Bonchev–Trinajstić information content (AvgIpc) is 2.74. The number of amides is 1. The van der Waals surface area contributed by atoms with Crippen molar-refractivity contribution >= 4 is 47.2 Å². The fourth-order valence-corrected chi connectivity index (χ4v) is 3.48. The number of carbonyl (C=O) groups is 2. The van der Waals surface area contributed by atoms with Crippen LogP contribution in [0.4, 0.5) is 4.79 Å². The van der Waals surface area contributed by atoms with Gasteiger partial charge in [-0.25, -0.2) is 9.59 Å². The molecular weight excluding hydrogens is 488 g/mol. The highest BCUT2D eigenvalue weighted by Crippen LogP contribution is 2.36. The highest BCUT2D eigenvalue weighted by Gasteiger charge is 2.51. The van der Waals surface area contributed by atoms with Gasteiger partial charge in [0.25, 0.3) is 0 Å². The fraction of sp³-hybridized carbons (Fsp3) is 0.600. The maximum atomic E-state index is 12.0. The van der Waals surface area contributed by atoms with E-state index >= 15 is 0 Å². The molecule has 0 radical (unpaired) electrons. The largest absolute Gasteiger partial charge is 0.494 e. The van der Waals surface area contributed by atoms with Gasteiger partial charge in [0.05, 0.1) is 11.2 Å². The molecule has 1 aliphatic heterocycles. The number of carbonyl (C=O) groups excluding carboxylic acids is 1. The molecule has 29 heavy (non-hydrogen) atoms. The minimum atomic E-state index is -1.12. The summed E-state index contributed by atoms with van der Waals surface area (Å²) in [6, 6.07) is 4.53. The van der Waals surface area contributed by atoms with Crippen LogP contribution in [-0.2, 0) is 25.3 Å². The Bertz CT molecular complexity index is 774. The van der Waals surface area contributed by atoms with Crippen molar-refractivity contribution in [1.82, 2.24) is 5.32 Å². The molecule has 1 aliphatic rings. The van der Waals surface area contributed by atoms with Crippen LogP contribution in [-0.4, -0.2) is 47.1 Å². The summed E-state index contributed by atoms with van der Waals surface area (Å²) in [5.74, 6) is -1.12. The molecule has 2 rings (SSSR count). The molecule has 0 saturated carbocycles. The third kappa shape index (κ3) is 6.08. The lowest BCUT2D eigenvalue weighted by atomic mass is 9.78. The number of rotatable bonds is 5. The number of nitrogens with one attached hydrogen (secondary N) is 1.